The summed E-state index contributed by atoms with van der Waals surface area (Å²) in [5.41, 5.74) is 13.8. The van der Waals surface area contributed by atoms with Crippen LogP contribution in [0.5, 0.6) is 0 Å². The second kappa shape index (κ2) is 9.53. The van der Waals surface area contributed by atoms with E-state index in [1.807, 2.05) is 79.7 Å². The Morgan fingerprint density at radius 2 is 1.81 bits per heavy atom. The van der Waals surface area contributed by atoms with Crippen LogP contribution in [0, 0.1) is 6.92 Å². The molecule has 0 spiro atoms. The van der Waals surface area contributed by atoms with Crippen LogP contribution in [-0.2, 0) is 11.3 Å². The Hall–Kier alpha value is -3.84. The zero-order valence-corrected chi connectivity index (χ0v) is 18.0. The zero-order chi connectivity index (χ0) is 22.5. The molecule has 1 aliphatic heterocycles. The number of nitrogens with zero attached hydrogens (tertiary/aromatic N) is 2. The Kier molecular flexibility index (Phi) is 6.37. The van der Waals surface area contributed by atoms with E-state index in [9.17, 15) is 9.59 Å². The molecule has 0 aliphatic carbocycles. The Balaban J connectivity index is 1.52. The highest BCUT2D eigenvalue weighted by Gasteiger charge is 2.23. The molecule has 0 atom stereocenters. The molecular formula is C25H27N5O2. The Labute approximate surface area is 187 Å². The highest BCUT2D eigenvalue weighted by atomic mass is 16.2. The van der Waals surface area contributed by atoms with Crippen molar-refractivity contribution in [1.82, 2.24) is 5.43 Å². The van der Waals surface area contributed by atoms with E-state index >= 15 is 0 Å². The molecule has 7 nitrogen and oxygen atoms in total. The van der Waals surface area contributed by atoms with E-state index in [4.69, 9.17) is 5.73 Å². The van der Waals surface area contributed by atoms with Gasteiger partial charge in [0.05, 0.1) is 11.4 Å². The Bertz CT molecular complexity index is 1120. The van der Waals surface area contributed by atoms with E-state index in [1.54, 1.807) is 9.91 Å². The predicted octanol–water partition coefficient (Wildman–Crippen LogP) is 4.46. The highest BCUT2D eigenvalue weighted by Crippen LogP contribution is 2.28. The maximum atomic E-state index is 12.9. The molecule has 0 unspecified atom stereocenters. The second-order valence-corrected chi connectivity index (χ2v) is 7.76. The molecule has 1 aliphatic rings. The summed E-state index contributed by atoms with van der Waals surface area (Å²) in [7, 11) is 0. The van der Waals surface area contributed by atoms with Gasteiger partial charge in [-0.15, -0.1) is 0 Å². The van der Waals surface area contributed by atoms with Gasteiger partial charge in [0.1, 0.15) is 0 Å². The topological polar surface area (TPSA) is 90.7 Å². The van der Waals surface area contributed by atoms with Crippen LogP contribution in [-0.4, -0.2) is 18.5 Å². The molecule has 3 aromatic carbocycles. The molecule has 1 saturated heterocycles. The highest BCUT2D eigenvalue weighted by molar-refractivity contribution is 5.97. The number of hydrazine groups is 1. The van der Waals surface area contributed by atoms with Crippen LogP contribution in [0.2, 0.25) is 0 Å². The third kappa shape index (κ3) is 4.73. The zero-order valence-electron chi connectivity index (χ0n) is 18.0. The standard InChI is InChI=1S/C25H27N5O2/c1-18-15-20(12-13-23(18)29-14-6-11-24(29)31)27-25(32)28-30(21-8-3-2-4-9-21)22-10-5-7-19(16-22)17-26/h2-5,7-10,12-13,15-16H,6,11,14,17,26H2,1H3,(H2,27,28,32). The number of nitrogens with one attached hydrogen (secondary N) is 2. The molecule has 0 bridgehead atoms. The fourth-order valence-electron chi connectivity index (χ4n) is 3.88. The monoisotopic (exact) mass is 429 g/mol. The minimum atomic E-state index is -0.378. The number of urea groups is 1. The summed E-state index contributed by atoms with van der Waals surface area (Å²) in [6.45, 7) is 3.09. The van der Waals surface area contributed by atoms with Gasteiger partial charge in [0.2, 0.25) is 5.91 Å². The van der Waals surface area contributed by atoms with Gasteiger partial charge in [-0.05, 0) is 66.9 Å². The van der Waals surface area contributed by atoms with Gasteiger partial charge in [0.25, 0.3) is 0 Å². The second-order valence-electron chi connectivity index (χ2n) is 7.76. The van der Waals surface area contributed by atoms with Crippen molar-refractivity contribution < 1.29 is 9.59 Å². The van der Waals surface area contributed by atoms with Gasteiger partial charge in [0.15, 0.2) is 0 Å². The number of amides is 3. The third-order valence-electron chi connectivity index (χ3n) is 5.45. The molecule has 0 saturated carbocycles. The summed E-state index contributed by atoms with van der Waals surface area (Å²) in [5, 5.41) is 4.61. The summed E-state index contributed by atoms with van der Waals surface area (Å²) >= 11 is 0. The van der Waals surface area contributed by atoms with E-state index in [-0.39, 0.29) is 11.9 Å². The molecule has 3 aromatic rings. The van der Waals surface area contributed by atoms with Gasteiger partial charge in [-0.3, -0.25) is 9.80 Å². The first-order chi connectivity index (χ1) is 15.5. The van der Waals surface area contributed by atoms with Gasteiger partial charge in [-0.1, -0.05) is 30.3 Å². The van der Waals surface area contributed by atoms with Gasteiger partial charge < -0.3 is 16.0 Å². The van der Waals surface area contributed by atoms with E-state index < -0.39 is 0 Å². The quantitative estimate of drug-likeness (QED) is 0.505. The molecule has 3 amide bonds. The van der Waals surface area contributed by atoms with Crippen molar-refractivity contribution in [3.05, 3.63) is 83.9 Å². The lowest BCUT2D eigenvalue weighted by atomic mass is 10.1. The molecule has 164 valence electrons. The summed E-state index contributed by atoms with van der Waals surface area (Å²) in [5.74, 6) is 0.143. The number of nitrogens with two attached hydrogens (primary N) is 1. The van der Waals surface area contributed by atoms with Crippen molar-refractivity contribution in [1.29, 1.82) is 0 Å². The van der Waals surface area contributed by atoms with Crippen molar-refractivity contribution in [2.75, 3.05) is 21.8 Å². The first-order valence-electron chi connectivity index (χ1n) is 10.7. The number of aryl methyl sites for hydroxylation is 1. The van der Waals surface area contributed by atoms with Crippen molar-refractivity contribution in [3.8, 4) is 0 Å². The van der Waals surface area contributed by atoms with Gasteiger partial charge >= 0.3 is 6.03 Å². The van der Waals surface area contributed by atoms with E-state index in [0.717, 1.165) is 41.2 Å². The molecule has 4 rings (SSSR count). The Morgan fingerprint density at radius 3 is 2.50 bits per heavy atom. The number of hydrogen-bond donors (Lipinski definition) is 3. The van der Waals surface area contributed by atoms with E-state index in [0.29, 0.717) is 18.7 Å². The normalized spacial score (nSPS) is 13.2. The van der Waals surface area contributed by atoms with Crippen LogP contribution >= 0.6 is 0 Å². The van der Waals surface area contributed by atoms with Crippen molar-refractivity contribution in [2.24, 2.45) is 5.73 Å². The molecular weight excluding hydrogens is 402 g/mol. The molecule has 32 heavy (non-hydrogen) atoms. The minimum Gasteiger partial charge on any atom is -0.326 e. The molecule has 1 fully saturated rings. The van der Waals surface area contributed by atoms with Gasteiger partial charge in [-0.2, -0.15) is 0 Å². The minimum absolute atomic E-state index is 0.143. The van der Waals surface area contributed by atoms with Gasteiger partial charge in [0, 0.05) is 30.9 Å². The molecule has 1 heterocycles. The van der Waals surface area contributed by atoms with Crippen LogP contribution in [0.4, 0.5) is 27.5 Å². The number of hydrogen-bond acceptors (Lipinski definition) is 4. The van der Waals surface area contributed by atoms with Crippen molar-refractivity contribution in [2.45, 2.75) is 26.3 Å². The lowest BCUT2D eigenvalue weighted by molar-refractivity contribution is -0.117. The summed E-state index contributed by atoms with van der Waals surface area (Å²) in [6, 6.07) is 22.5. The molecule has 7 heteroatoms. The molecule has 0 radical (unpaired) electrons. The van der Waals surface area contributed by atoms with Crippen LogP contribution < -0.4 is 26.4 Å². The first kappa shape index (κ1) is 21.4. The molecule has 4 N–H and O–H groups in total. The van der Waals surface area contributed by atoms with Crippen LogP contribution in [0.25, 0.3) is 0 Å². The van der Waals surface area contributed by atoms with Crippen LogP contribution in [0.15, 0.2) is 72.8 Å². The van der Waals surface area contributed by atoms with E-state index in [2.05, 4.69) is 10.7 Å². The fourth-order valence-corrected chi connectivity index (χ4v) is 3.88. The lowest BCUT2D eigenvalue weighted by Crippen LogP contribution is -2.41. The smallest absolute Gasteiger partial charge is 0.326 e. The number of benzene rings is 3. The van der Waals surface area contributed by atoms with Crippen molar-refractivity contribution >= 4 is 34.7 Å². The fraction of sp³-hybridized carbons (Fsp3) is 0.200. The number of para-hydroxylation sites is 1. The summed E-state index contributed by atoms with van der Waals surface area (Å²) in [6.07, 6.45) is 1.46. The summed E-state index contributed by atoms with van der Waals surface area (Å²) in [4.78, 5) is 26.7. The summed E-state index contributed by atoms with van der Waals surface area (Å²) < 4.78 is 0. The first-order valence-corrected chi connectivity index (χ1v) is 10.7. The maximum absolute atomic E-state index is 12.9. The average Bonchev–Trinajstić information content (AvgIpc) is 3.23. The number of carbonyl (C=O) groups excluding carboxylic acids is 2. The maximum Gasteiger partial charge on any atom is 0.338 e. The third-order valence-corrected chi connectivity index (χ3v) is 5.45. The predicted molar refractivity (Wildman–Crippen MR) is 128 cm³/mol. The van der Waals surface area contributed by atoms with E-state index in [1.165, 1.54) is 0 Å². The van der Waals surface area contributed by atoms with Crippen LogP contribution in [0.1, 0.15) is 24.0 Å². The number of anilines is 4. The number of carbonyl (C=O) groups is 2. The Morgan fingerprint density at radius 1 is 1.03 bits per heavy atom. The SMILES string of the molecule is Cc1cc(NC(=O)NN(c2ccccc2)c2cccc(CN)c2)ccc1N1CCCC1=O. The largest absolute Gasteiger partial charge is 0.338 e. The van der Waals surface area contributed by atoms with Crippen LogP contribution in [0.3, 0.4) is 0 Å². The lowest BCUT2D eigenvalue weighted by Gasteiger charge is -2.26. The van der Waals surface area contributed by atoms with Gasteiger partial charge in [-0.25, -0.2) is 10.2 Å². The van der Waals surface area contributed by atoms with Crippen molar-refractivity contribution in [3.63, 3.8) is 0 Å². The number of rotatable bonds is 6. The average molecular weight is 430 g/mol. The molecule has 0 aromatic heterocycles.